The molecule has 0 saturated carbocycles. The van der Waals surface area contributed by atoms with Gasteiger partial charge in [-0.15, -0.1) is 11.3 Å². The highest BCUT2D eigenvalue weighted by Gasteiger charge is 2.32. The number of aryl methyl sites for hydroxylation is 1. The minimum Gasteiger partial charge on any atom is -0.338 e. The molecule has 0 N–H and O–H groups in total. The number of pyridine rings is 1. The van der Waals surface area contributed by atoms with Gasteiger partial charge in [-0.2, -0.15) is 0 Å². The van der Waals surface area contributed by atoms with Crippen LogP contribution in [0.1, 0.15) is 45.5 Å². The molecule has 2 aliphatic rings. The van der Waals surface area contributed by atoms with Crippen molar-refractivity contribution in [1.29, 1.82) is 0 Å². The highest BCUT2D eigenvalue weighted by Crippen LogP contribution is 2.43. The Hall–Kier alpha value is -2.77. The number of likely N-dealkylation sites (tertiary alicyclic amines) is 1. The predicted molar refractivity (Wildman–Crippen MR) is 122 cm³/mol. The summed E-state index contributed by atoms with van der Waals surface area (Å²) in [6.07, 6.45) is 4.81. The van der Waals surface area contributed by atoms with E-state index in [1.165, 1.54) is 16.9 Å². The van der Waals surface area contributed by atoms with Crippen LogP contribution in [0.4, 0.5) is 0 Å². The van der Waals surface area contributed by atoms with Crippen molar-refractivity contribution in [2.75, 3.05) is 13.1 Å². The summed E-state index contributed by atoms with van der Waals surface area (Å²) < 4.78 is 26.5. The third-order valence-electron chi connectivity index (χ3n) is 5.94. The Morgan fingerprint density at radius 2 is 1.84 bits per heavy atom. The number of sulfone groups is 1. The highest BCUT2D eigenvalue weighted by atomic mass is 32.2. The molecule has 4 heterocycles. The van der Waals surface area contributed by atoms with Crippen LogP contribution in [0.25, 0.3) is 5.57 Å². The quantitative estimate of drug-likeness (QED) is 0.548. The molecule has 1 amide bonds. The van der Waals surface area contributed by atoms with Gasteiger partial charge in [-0.3, -0.25) is 9.78 Å². The van der Waals surface area contributed by atoms with Crippen LogP contribution in [0.5, 0.6) is 0 Å². The SMILES string of the molecule is Cc1cncc(C(=O)N2CCC(=C3c4ccccc4CS(=O)(=O)c4sccc43)CC2)c1. The van der Waals surface area contributed by atoms with Crippen LogP contribution in [0.15, 0.2) is 64.0 Å². The molecule has 0 unspecified atom stereocenters. The molecule has 0 spiro atoms. The van der Waals surface area contributed by atoms with Crippen molar-refractivity contribution in [3.05, 3.63) is 87.6 Å². The number of benzene rings is 1. The van der Waals surface area contributed by atoms with Crippen molar-refractivity contribution in [2.45, 2.75) is 29.7 Å². The zero-order valence-electron chi connectivity index (χ0n) is 17.2. The zero-order valence-corrected chi connectivity index (χ0v) is 18.8. The van der Waals surface area contributed by atoms with Gasteiger partial charge < -0.3 is 4.90 Å². The van der Waals surface area contributed by atoms with E-state index in [-0.39, 0.29) is 11.7 Å². The van der Waals surface area contributed by atoms with Crippen LogP contribution >= 0.6 is 11.3 Å². The van der Waals surface area contributed by atoms with Crippen LogP contribution in [-0.4, -0.2) is 37.3 Å². The largest absolute Gasteiger partial charge is 0.338 e. The summed E-state index contributed by atoms with van der Waals surface area (Å²) in [6.45, 7) is 3.15. The van der Waals surface area contributed by atoms with Crippen LogP contribution in [0.2, 0.25) is 0 Å². The second-order valence-electron chi connectivity index (χ2n) is 8.06. The Morgan fingerprint density at radius 3 is 2.61 bits per heavy atom. The van der Waals surface area contributed by atoms with E-state index in [2.05, 4.69) is 4.98 Å². The molecule has 0 atom stereocenters. The summed E-state index contributed by atoms with van der Waals surface area (Å²) in [4.78, 5) is 18.9. The van der Waals surface area contributed by atoms with E-state index in [1.807, 2.05) is 53.6 Å². The van der Waals surface area contributed by atoms with Crippen LogP contribution in [-0.2, 0) is 15.6 Å². The van der Waals surface area contributed by atoms with Crippen molar-refractivity contribution in [2.24, 2.45) is 0 Å². The van der Waals surface area contributed by atoms with Gasteiger partial charge >= 0.3 is 0 Å². The first-order chi connectivity index (χ1) is 14.9. The van der Waals surface area contributed by atoms with E-state index in [9.17, 15) is 13.2 Å². The van der Waals surface area contributed by atoms with Crippen molar-refractivity contribution < 1.29 is 13.2 Å². The fraction of sp³-hybridized carbons (Fsp3) is 0.250. The summed E-state index contributed by atoms with van der Waals surface area (Å²) in [7, 11) is -3.37. The van der Waals surface area contributed by atoms with Crippen LogP contribution in [0, 0.1) is 6.92 Å². The van der Waals surface area contributed by atoms with Gasteiger partial charge in [-0.25, -0.2) is 8.42 Å². The van der Waals surface area contributed by atoms with Crippen molar-refractivity contribution in [3.63, 3.8) is 0 Å². The number of carbonyl (C=O) groups excluding carboxylic acids is 1. The molecular weight excluding hydrogens is 428 g/mol. The lowest BCUT2D eigenvalue weighted by atomic mass is 9.87. The molecule has 5 rings (SSSR count). The van der Waals surface area contributed by atoms with E-state index in [4.69, 9.17) is 0 Å². The molecule has 0 radical (unpaired) electrons. The molecule has 5 nitrogen and oxygen atoms in total. The number of nitrogens with zero attached hydrogens (tertiary/aromatic N) is 2. The Bertz CT molecular complexity index is 1310. The molecular formula is C24H22N2O3S2. The van der Waals surface area contributed by atoms with Crippen molar-refractivity contribution >= 4 is 32.7 Å². The van der Waals surface area contributed by atoms with Crippen molar-refractivity contribution in [3.8, 4) is 0 Å². The second-order valence-corrected chi connectivity index (χ2v) is 11.2. The van der Waals surface area contributed by atoms with E-state index < -0.39 is 9.84 Å². The van der Waals surface area contributed by atoms with Gasteiger partial charge in [-0.05, 0) is 59.5 Å². The highest BCUT2D eigenvalue weighted by molar-refractivity contribution is 7.92. The number of carbonyl (C=O) groups is 1. The number of rotatable bonds is 1. The maximum atomic E-state index is 13.0. The molecule has 0 aliphatic carbocycles. The summed E-state index contributed by atoms with van der Waals surface area (Å²) in [5.41, 5.74) is 6.49. The fourth-order valence-electron chi connectivity index (χ4n) is 4.49. The van der Waals surface area contributed by atoms with Gasteiger partial charge in [-0.1, -0.05) is 29.8 Å². The first-order valence-electron chi connectivity index (χ1n) is 10.3. The molecule has 1 fully saturated rings. The summed E-state index contributed by atoms with van der Waals surface area (Å²) in [5.74, 6) is 0.0265. The molecule has 2 aromatic heterocycles. The number of amides is 1. The van der Waals surface area contributed by atoms with Gasteiger partial charge in [0, 0.05) is 31.0 Å². The number of aromatic nitrogens is 1. The fourth-order valence-corrected chi connectivity index (χ4v) is 7.34. The molecule has 0 bridgehead atoms. The third-order valence-corrected chi connectivity index (χ3v) is 9.18. The molecule has 7 heteroatoms. The van der Waals surface area contributed by atoms with E-state index >= 15 is 0 Å². The molecule has 31 heavy (non-hydrogen) atoms. The topological polar surface area (TPSA) is 67.3 Å². The van der Waals surface area contributed by atoms with Gasteiger partial charge in [0.2, 0.25) is 0 Å². The van der Waals surface area contributed by atoms with Gasteiger partial charge in [0.25, 0.3) is 5.91 Å². The lowest BCUT2D eigenvalue weighted by molar-refractivity contribution is 0.0743. The number of hydrogen-bond donors (Lipinski definition) is 0. The van der Waals surface area contributed by atoms with E-state index in [0.29, 0.717) is 22.9 Å². The first kappa shape index (κ1) is 20.2. The lowest BCUT2D eigenvalue weighted by Gasteiger charge is -2.30. The average molecular weight is 451 g/mol. The molecule has 3 aromatic rings. The summed E-state index contributed by atoms with van der Waals surface area (Å²) in [5, 5.41) is 1.86. The average Bonchev–Trinajstić information content (AvgIpc) is 3.22. The summed E-state index contributed by atoms with van der Waals surface area (Å²) >= 11 is 1.29. The van der Waals surface area contributed by atoms with Gasteiger partial charge in [0.15, 0.2) is 9.84 Å². The monoisotopic (exact) mass is 450 g/mol. The normalized spacial score (nSPS) is 17.6. The number of hydrogen-bond acceptors (Lipinski definition) is 5. The first-order valence-corrected chi connectivity index (χ1v) is 12.8. The zero-order chi connectivity index (χ0) is 21.6. The molecule has 2 aliphatic heterocycles. The Morgan fingerprint density at radius 1 is 1.06 bits per heavy atom. The Labute approximate surface area is 186 Å². The Balaban J connectivity index is 1.52. The van der Waals surface area contributed by atoms with Crippen LogP contribution in [0.3, 0.4) is 0 Å². The smallest absolute Gasteiger partial charge is 0.255 e. The van der Waals surface area contributed by atoms with Gasteiger partial charge in [0.1, 0.15) is 4.21 Å². The minimum absolute atomic E-state index is 0.000293. The van der Waals surface area contributed by atoms with E-state index in [1.54, 1.807) is 12.4 Å². The maximum Gasteiger partial charge on any atom is 0.255 e. The number of fused-ring (bicyclic) bond motifs is 2. The van der Waals surface area contributed by atoms with Crippen molar-refractivity contribution in [1.82, 2.24) is 9.88 Å². The van der Waals surface area contributed by atoms with Gasteiger partial charge in [0.05, 0.1) is 11.3 Å². The second kappa shape index (κ2) is 7.73. The third kappa shape index (κ3) is 3.62. The molecule has 158 valence electrons. The number of piperidine rings is 1. The summed E-state index contributed by atoms with van der Waals surface area (Å²) in [6, 6.07) is 11.6. The minimum atomic E-state index is -3.37. The maximum absolute atomic E-state index is 13.0. The molecule has 1 aromatic carbocycles. The van der Waals surface area contributed by atoms with E-state index in [0.717, 1.165) is 40.7 Å². The predicted octanol–water partition coefficient (Wildman–Crippen LogP) is 4.48. The molecule has 1 saturated heterocycles. The number of thiophene rings is 1. The van der Waals surface area contributed by atoms with Crippen LogP contribution < -0.4 is 0 Å². The Kier molecular flexibility index (Phi) is 5.02. The standard InChI is InChI=1S/C24H22N2O3S2/c1-16-12-19(14-25-13-16)23(27)26-9-6-17(7-10-26)22-20-5-3-2-4-18(20)15-31(28,29)24-21(22)8-11-30-24/h2-5,8,11-14H,6-7,9-10,15H2,1H3. The lowest BCUT2D eigenvalue weighted by Crippen LogP contribution is -2.36.